The van der Waals surface area contributed by atoms with Gasteiger partial charge in [-0.25, -0.2) is 0 Å². The number of Topliss-reactive ketones (excluding diaryl/α,β-unsaturated/α-hetero) is 2. The topological polar surface area (TPSA) is 34.1 Å². The van der Waals surface area contributed by atoms with Crippen LogP contribution in [-0.4, -0.2) is 11.6 Å². The standard InChI is InChI=1S/C24H44O2/c1-5-9-13-17-23(18-14-10-6-2)21(25)24(22(23)26,19-15-11-7-3)20-16-12-8-4/h5-20H2,1-4H3. The molecule has 0 heterocycles. The Morgan fingerprint density at radius 1 is 0.462 bits per heavy atom. The highest BCUT2D eigenvalue weighted by Gasteiger charge is 2.68. The first-order chi connectivity index (χ1) is 12.6. The number of ketones is 2. The van der Waals surface area contributed by atoms with E-state index < -0.39 is 10.8 Å². The first-order valence-corrected chi connectivity index (χ1v) is 11.7. The Balaban J connectivity index is 2.93. The zero-order valence-corrected chi connectivity index (χ0v) is 18.1. The van der Waals surface area contributed by atoms with Crippen LogP contribution < -0.4 is 0 Å². The second-order valence-corrected chi connectivity index (χ2v) is 8.65. The largest absolute Gasteiger partial charge is 0.297 e. The molecular weight excluding hydrogens is 320 g/mol. The molecule has 0 atom stereocenters. The SMILES string of the molecule is CCCCCC1(CCCCC)C(=O)C(CCCCC)(CCCCC)C1=O. The van der Waals surface area contributed by atoms with Crippen LogP contribution in [0.1, 0.15) is 130 Å². The summed E-state index contributed by atoms with van der Waals surface area (Å²) in [5.41, 5.74) is -1.22. The number of rotatable bonds is 16. The van der Waals surface area contributed by atoms with Crippen LogP contribution in [0.25, 0.3) is 0 Å². The zero-order chi connectivity index (χ0) is 19.5. The van der Waals surface area contributed by atoms with Crippen LogP contribution in [0.3, 0.4) is 0 Å². The molecule has 26 heavy (non-hydrogen) atoms. The second-order valence-electron chi connectivity index (χ2n) is 8.65. The molecule has 0 aromatic heterocycles. The quantitative estimate of drug-likeness (QED) is 0.211. The maximum atomic E-state index is 13.6. The smallest absolute Gasteiger partial charge is 0.159 e. The van der Waals surface area contributed by atoms with Crippen LogP contribution in [0.2, 0.25) is 0 Å². The first-order valence-electron chi connectivity index (χ1n) is 11.7. The van der Waals surface area contributed by atoms with Gasteiger partial charge >= 0.3 is 0 Å². The highest BCUT2D eigenvalue weighted by Crippen LogP contribution is 2.57. The van der Waals surface area contributed by atoms with E-state index in [2.05, 4.69) is 27.7 Å². The van der Waals surface area contributed by atoms with Gasteiger partial charge in [-0.3, -0.25) is 9.59 Å². The maximum Gasteiger partial charge on any atom is 0.159 e. The van der Waals surface area contributed by atoms with E-state index in [4.69, 9.17) is 0 Å². The first kappa shape index (κ1) is 23.4. The summed E-state index contributed by atoms with van der Waals surface area (Å²) in [6, 6.07) is 0. The van der Waals surface area contributed by atoms with Gasteiger partial charge < -0.3 is 0 Å². The van der Waals surface area contributed by atoms with Crippen LogP contribution in [0, 0.1) is 10.8 Å². The van der Waals surface area contributed by atoms with Gasteiger partial charge in [-0.2, -0.15) is 0 Å². The van der Waals surface area contributed by atoms with E-state index in [1.807, 2.05) is 0 Å². The fraction of sp³-hybridized carbons (Fsp3) is 0.917. The van der Waals surface area contributed by atoms with Gasteiger partial charge in [0.1, 0.15) is 0 Å². The maximum absolute atomic E-state index is 13.6. The molecule has 0 aliphatic heterocycles. The van der Waals surface area contributed by atoms with Gasteiger partial charge in [0.2, 0.25) is 0 Å². The minimum atomic E-state index is -0.608. The molecule has 1 aliphatic rings. The van der Waals surface area contributed by atoms with Gasteiger partial charge in [-0.05, 0) is 25.7 Å². The van der Waals surface area contributed by atoms with Gasteiger partial charge in [0, 0.05) is 0 Å². The van der Waals surface area contributed by atoms with Crippen LogP contribution in [0.15, 0.2) is 0 Å². The van der Waals surface area contributed by atoms with Gasteiger partial charge in [0.15, 0.2) is 11.6 Å². The molecule has 1 rings (SSSR count). The molecule has 2 nitrogen and oxygen atoms in total. The summed E-state index contributed by atoms with van der Waals surface area (Å²) in [5.74, 6) is 0.684. The van der Waals surface area contributed by atoms with Crippen molar-refractivity contribution in [3.63, 3.8) is 0 Å². The molecule has 0 bridgehead atoms. The fourth-order valence-electron chi connectivity index (χ4n) is 4.93. The average Bonchev–Trinajstić information content (AvgIpc) is 2.65. The van der Waals surface area contributed by atoms with Crippen molar-refractivity contribution in [2.24, 2.45) is 10.8 Å². The molecule has 0 saturated heterocycles. The molecular formula is C24H44O2. The Morgan fingerprint density at radius 3 is 0.885 bits per heavy atom. The second kappa shape index (κ2) is 11.9. The number of hydrogen-bond acceptors (Lipinski definition) is 2. The van der Waals surface area contributed by atoms with E-state index in [0.717, 1.165) is 103 Å². The monoisotopic (exact) mass is 364 g/mol. The number of unbranched alkanes of at least 4 members (excludes halogenated alkanes) is 8. The minimum Gasteiger partial charge on any atom is -0.297 e. The summed E-state index contributed by atoms with van der Waals surface area (Å²) >= 11 is 0. The van der Waals surface area contributed by atoms with Crippen molar-refractivity contribution in [3.8, 4) is 0 Å². The minimum absolute atomic E-state index is 0.342. The molecule has 0 aromatic carbocycles. The van der Waals surface area contributed by atoms with Crippen LogP contribution in [-0.2, 0) is 9.59 Å². The molecule has 0 amide bonds. The van der Waals surface area contributed by atoms with Crippen molar-refractivity contribution < 1.29 is 9.59 Å². The Kier molecular flexibility index (Phi) is 10.7. The molecule has 1 saturated carbocycles. The highest BCUT2D eigenvalue weighted by atomic mass is 16.2. The van der Waals surface area contributed by atoms with Crippen LogP contribution in [0.4, 0.5) is 0 Å². The fourth-order valence-corrected chi connectivity index (χ4v) is 4.93. The van der Waals surface area contributed by atoms with E-state index in [9.17, 15) is 9.59 Å². The Morgan fingerprint density at radius 2 is 0.692 bits per heavy atom. The van der Waals surface area contributed by atoms with Crippen LogP contribution in [0.5, 0.6) is 0 Å². The highest BCUT2D eigenvalue weighted by molar-refractivity contribution is 6.30. The van der Waals surface area contributed by atoms with E-state index in [0.29, 0.717) is 11.6 Å². The van der Waals surface area contributed by atoms with Crippen molar-refractivity contribution in [2.45, 2.75) is 130 Å². The number of carbonyl (C=O) groups excluding carboxylic acids is 2. The third-order valence-electron chi connectivity index (χ3n) is 6.57. The molecule has 0 radical (unpaired) electrons. The molecule has 0 N–H and O–H groups in total. The van der Waals surface area contributed by atoms with Crippen molar-refractivity contribution in [1.82, 2.24) is 0 Å². The molecule has 0 spiro atoms. The van der Waals surface area contributed by atoms with E-state index in [-0.39, 0.29) is 0 Å². The predicted molar refractivity (Wildman–Crippen MR) is 111 cm³/mol. The average molecular weight is 365 g/mol. The van der Waals surface area contributed by atoms with Gasteiger partial charge in [0.25, 0.3) is 0 Å². The summed E-state index contributed by atoms with van der Waals surface area (Å²) in [6.07, 6.45) is 16.5. The Labute approximate surface area is 162 Å². The molecule has 152 valence electrons. The lowest BCUT2D eigenvalue weighted by Gasteiger charge is -2.53. The molecule has 0 unspecified atom stereocenters. The van der Waals surface area contributed by atoms with E-state index in [1.165, 1.54) is 0 Å². The van der Waals surface area contributed by atoms with Gasteiger partial charge in [-0.1, -0.05) is 105 Å². The third kappa shape index (κ3) is 5.20. The number of hydrogen-bond donors (Lipinski definition) is 0. The third-order valence-corrected chi connectivity index (χ3v) is 6.57. The lowest BCUT2D eigenvalue weighted by atomic mass is 9.45. The zero-order valence-electron chi connectivity index (χ0n) is 18.1. The Bertz CT molecular complexity index is 348. The van der Waals surface area contributed by atoms with E-state index >= 15 is 0 Å². The molecule has 1 fully saturated rings. The predicted octanol–water partition coefficient (Wildman–Crippen LogP) is 7.43. The molecule has 1 aliphatic carbocycles. The molecule has 2 heteroatoms. The van der Waals surface area contributed by atoms with Crippen molar-refractivity contribution in [2.75, 3.05) is 0 Å². The number of carbonyl (C=O) groups is 2. The lowest BCUT2D eigenvalue weighted by Crippen LogP contribution is -2.66. The van der Waals surface area contributed by atoms with Gasteiger partial charge in [-0.15, -0.1) is 0 Å². The summed E-state index contributed by atoms with van der Waals surface area (Å²) in [6.45, 7) is 8.75. The summed E-state index contributed by atoms with van der Waals surface area (Å²) in [7, 11) is 0. The van der Waals surface area contributed by atoms with Gasteiger partial charge in [0.05, 0.1) is 10.8 Å². The Hall–Kier alpha value is -0.660. The van der Waals surface area contributed by atoms with Crippen molar-refractivity contribution in [3.05, 3.63) is 0 Å². The van der Waals surface area contributed by atoms with E-state index in [1.54, 1.807) is 0 Å². The lowest BCUT2D eigenvalue weighted by molar-refractivity contribution is -0.175. The van der Waals surface area contributed by atoms with Crippen LogP contribution >= 0.6 is 0 Å². The summed E-state index contributed by atoms with van der Waals surface area (Å²) < 4.78 is 0. The van der Waals surface area contributed by atoms with Crippen molar-refractivity contribution >= 4 is 11.6 Å². The van der Waals surface area contributed by atoms with Crippen molar-refractivity contribution in [1.29, 1.82) is 0 Å². The normalized spacial score (nSPS) is 18.2. The molecule has 0 aromatic rings. The summed E-state index contributed by atoms with van der Waals surface area (Å²) in [5, 5.41) is 0. The summed E-state index contributed by atoms with van der Waals surface area (Å²) in [4.78, 5) is 27.1.